The number of nitrogens with zero attached hydrogens (tertiary/aromatic N) is 4. The van der Waals surface area contributed by atoms with Gasteiger partial charge in [0, 0.05) is 57.1 Å². The fourth-order valence-corrected chi connectivity index (χ4v) is 13.2. The molecule has 0 aromatic heterocycles. The second-order valence-corrected chi connectivity index (χ2v) is 26.5. The van der Waals surface area contributed by atoms with Crippen molar-refractivity contribution in [2.45, 2.75) is 115 Å². The Hall–Kier alpha value is -5.81. The lowest BCUT2D eigenvalue weighted by Crippen LogP contribution is -2.52. The number of ether oxygens (including phenoxy) is 3. The van der Waals surface area contributed by atoms with Gasteiger partial charge in [-0.2, -0.15) is 8.61 Å². The van der Waals surface area contributed by atoms with E-state index in [4.69, 9.17) is 25.7 Å². The first-order valence-electron chi connectivity index (χ1n) is 27.0. The van der Waals surface area contributed by atoms with Crippen LogP contribution in [0.25, 0.3) is 0 Å². The van der Waals surface area contributed by atoms with Gasteiger partial charge >= 0.3 is 6.09 Å². The van der Waals surface area contributed by atoms with E-state index in [-0.39, 0.29) is 65.1 Å². The lowest BCUT2D eigenvalue weighted by atomic mass is 9.88. The number of carbonyl (C=O) groups excluding carboxylic acids is 1. The maximum atomic E-state index is 13.8. The number of nitrogens with one attached hydrogen (secondary N) is 1. The predicted molar refractivity (Wildman–Crippen MR) is 306 cm³/mol. The van der Waals surface area contributed by atoms with Crippen molar-refractivity contribution in [3.8, 4) is 0 Å². The molecule has 2 aliphatic rings. The predicted octanol–water partition coefficient (Wildman–Crippen LogP) is 8.45. The van der Waals surface area contributed by atoms with E-state index in [1.165, 1.54) is 68.3 Å². The fraction of sp³-hybridized carbons (Fsp3) is 0.475. The summed E-state index contributed by atoms with van der Waals surface area (Å²) in [7, 11) is -7.84. The van der Waals surface area contributed by atoms with Crippen LogP contribution in [0.4, 0.5) is 16.2 Å². The molecule has 7 rings (SSSR count). The third kappa shape index (κ3) is 18.9. The lowest BCUT2D eigenvalue weighted by molar-refractivity contribution is -0.384. The molecule has 0 spiro atoms. The molecule has 0 bridgehead atoms. The van der Waals surface area contributed by atoms with Gasteiger partial charge in [-0.15, -0.1) is 0 Å². The molecule has 79 heavy (non-hydrogen) atoms. The highest BCUT2D eigenvalue weighted by atomic mass is 32.2. The maximum absolute atomic E-state index is 13.8. The molecule has 0 saturated carbocycles. The van der Waals surface area contributed by atoms with Gasteiger partial charge in [-0.1, -0.05) is 133 Å². The third-order valence-electron chi connectivity index (χ3n) is 14.1. The van der Waals surface area contributed by atoms with Crippen LogP contribution in [0, 0.1) is 32.8 Å². The van der Waals surface area contributed by atoms with E-state index < -0.39 is 54.7 Å². The van der Waals surface area contributed by atoms with Crippen LogP contribution < -0.4 is 16.8 Å². The van der Waals surface area contributed by atoms with Gasteiger partial charge in [0.1, 0.15) is 6.10 Å². The number of hydrogen-bond donors (Lipinski definition) is 4. The van der Waals surface area contributed by atoms with Gasteiger partial charge in [0.25, 0.3) is 5.69 Å². The molecule has 0 radical (unpaired) electrons. The summed E-state index contributed by atoms with van der Waals surface area (Å²) < 4.78 is 74.4. The molecular weight excluding hydrogens is 1050 g/mol. The molecule has 2 fully saturated rings. The standard InChI is InChI=1S/C30H39N3O4S.C29H42N4O7S/c1-25(2)21-32(38(36,37)29-17-15-28(16-18-29)33(34)35)24-30(3,4)19-20-31(22-26-11-7-5-8-12-26)23-27-13-9-6-10-14-27;1-29(2,13-14-30)19-33(41(36,37)22-10-8-21(31)9-11-22)17-25(34)24(16-20-6-4-3-5-7-20)32-28(35)40-26-18-39-27-23(26)12-15-38-27/h5-18,25H,19-24H2,1-4H3;3-11,23-27,34H,12-19,30-31H2,1-2H3,(H,32,35)/t;23-,24-,25+,26-,27+/m.0/s1. The van der Waals surface area contributed by atoms with Gasteiger partial charge in [-0.05, 0) is 109 Å². The number of rotatable bonds is 27. The van der Waals surface area contributed by atoms with Crippen molar-refractivity contribution < 1.29 is 45.9 Å². The molecule has 18 nitrogen and oxygen atoms in total. The number of non-ortho nitro benzene ring substituents is 1. The maximum Gasteiger partial charge on any atom is 0.407 e. The van der Waals surface area contributed by atoms with Crippen molar-refractivity contribution in [1.29, 1.82) is 0 Å². The zero-order chi connectivity index (χ0) is 57.4. The van der Waals surface area contributed by atoms with Crippen LogP contribution in [-0.4, -0.2) is 123 Å². The molecule has 430 valence electrons. The van der Waals surface area contributed by atoms with Gasteiger partial charge in [0.05, 0.1) is 46.0 Å². The zero-order valence-electron chi connectivity index (χ0n) is 46.4. The van der Waals surface area contributed by atoms with E-state index >= 15 is 0 Å². The number of nitro benzene ring substituents is 1. The molecule has 2 saturated heterocycles. The number of carbonyl (C=O) groups is 1. The first kappa shape index (κ1) is 62.4. The number of sulfonamides is 2. The molecule has 2 heterocycles. The minimum atomic E-state index is -4.03. The number of amides is 1. The second-order valence-electron chi connectivity index (χ2n) is 22.6. The number of aliphatic hydroxyl groups is 1. The summed E-state index contributed by atoms with van der Waals surface area (Å²) in [6.07, 6.45) is -0.435. The van der Waals surface area contributed by atoms with Crippen LogP contribution in [0.3, 0.4) is 0 Å². The van der Waals surface area contributed by atoms with Gasteiger partial charge in [-0.3, -0.25) is 15.0 Å². The Labute approximate surface area is 467 Å². The second kappa shape index (κ2) is 28.6. The number of fused-ring (bicyclic) bond motifs is 1. The smallest absolute Gasteiger partial charge is 0.407 e. The summed E-state index contributed by atoms with van der Waals surface area (Å²) in [5.74, 6) is 0.0925. The highest BCUT2D eigenvalue weighted by Crippen LogP contribution is 2.34. The van der Waals surface area contributed by atoms with E-state index in [0.717, 1.165) is 38.0 Å². The van der Waals surface area contributed by atoms with Gasteiger partial charge in [-0.25, -0.2) is 21.6 Å². The highest BCUT2D eigenvalue weighted by molar-refractivity contribution is 7.89. The van der Waals surface area contributed by atoms with Crippen molar-refractivity contribution in [1.82, 2.24) is 18.8 Å². The Morgan fingerprint density at radius 3 is 1.75 bits per heavy atom. The largest absolute Gasteiger partial charge is 0.443 e. The molecule has 6 N–H and O–H groups in total. The number of hydrogen-bond acceptors (Lipinski definition) is 14. The summed E-state index contributed by atoms with van der Waals surface area (Å²) >= 11 is 0. The van der Waals surface area contributed by atoms with Gasteiger partial charge < -0.3 is 36.1 Å². The van der Waals surface area contributed by atoms with Crippen molar-refractivity contribution in [2.75, 3.05) is 58.2 Å². The third-order valence-corrected chi connectivity index (χ3v) is 17.8. The summed E-state index contributed by atoms with van der Waals surface area (Å²) in [5.41, 5.74) is 14.5. The number of nitrogens with two attached hydrogens (primary N) is 2. The number of benzene rings is 5. The van der Waals surface area contributed by atoms with Gasteiger partial charge in [0.2, 0.25) is 20.0 Å². The summed E-state index contributed by atoms with van der Waals surface area (Å²) in [6.45, 7) is 16.2. The molecule has 20 heteroatoms. The molecule has 5 atom stereocenters. The Balaban J connectivity index is 0.000000256. The number of nitro groups is 1. The monoisotopic (exact) mass is 1130 g/mol. The van der Waals surface area contributed by atoms with Crippen LogP contribution >= 0.6 is 0 Å². The van der Waals surface area contributed by atoms with E-state index in [0.29, 0.717) is 38.3 Å². The van der Waals surface area contributed by atoms with Crippen LogP contribution in [0.2, 0.25) is 0 Å². The molecule has 0 aliphatic carbocycles. The summed E-state index contributed by atoms with van der Waals surface area (Å²) in [6, 6.07) is 40.3. The quantitative estimate of drug-likeness (QED) is 0.0219. The molecule has 1 amide bonds. The molecule has 5 aromatic carbocycles. The first-order valence-corrected chi connectivity index (χ1v) is 29.9. The fourth-order valence-electron chi connectivity index (χ4n) is 9.80. The van der Waals surface area contributed by atoms with Crippen molar-refractivity contribution in [3.05, 3.63) is 166 Å². The first-order chi connectivity index (χ1) is 37.4. The molecule has 5 aromatic rings. The highest BCUT2D eigenvalue weighted by Gasteiger charge is 2.44. The number of alkyl carbamates (subject to hydrolysis) is 1. The van der Waals surface area contributed by atoms with Crippen LogP contribution in [0.5, 0.6) is 0 Å². The van der Waals surface area contributed by atoms with E-state index in [1.54, 1.807) is 0 Å². The Kier molecular flexibility index (Phi) is 22.6. The molecular formula is C59H81N7O11S2. The van der Waals surface area contributed by atoms with Crippen molar-refractivity contribution in [2.24, 2.45) is 28.4 Å². The molecule has 0 unspecified atom stereocenters. The average Bonchev–Trinajstić information content (AvgIpc) is 4.05. The number of nitrogen functional groups attached to an aromatic ring is 1. The number of aliphatic hydroxyl groups excluding tert-OH is 1. The summed E-state index contributed by atoms with van der Waals surface area (Å²) in [5, 5.41) is 25.3. The minimum absolute atomic E-state index is 0.0384. The van der Waals surface area contributed by atoms with Gasteiger partial charge in [0.15, 0.2) is 6.29 Å². The average molecular weight is 1130 g/mol. The van der Waals surface area contributed by atoms with Crippen molar-refractivity contribution >= 4 is 37.5 Å². The summed E-state index contributed by atoms with van der Waals surface area (Å²) in [4.78, 5) is 26.1. The van der Waals surface area contributed by atoms with Crippen LogP contribution in [-0.2, 0) is 53.8 Å². The van der Waals surface area contributed by atoms with E-state index in [2.05, 4.69) is 48.3 Å². The Bertz CT molecular complexity index is 2860. The van der Waals surface area contributed by atoms with Crippen LogP contribution in [0.1, 0.15) is 77.5 Å². The Morgan fingerprint density at radius 1 is 0.747 bits per heavy atom. The SMILES string of the molecule is CC(C)(CCN)CN(C[C@@H](O)[C@H](Cc1ccccc1)NC(=O)O[C@H]1CO[C@H]2OCC[C@H]21)S(=O)(=O)c1ccc(N)cc1.CC(C)CN(CC(C)(C)CCN(Cc1ccccc1)Cc1ccccc1)S(=O)(=O)c1ccc([N+](=O)[O-])cc1. The zero-order valence-corrected chi connectivity index (χ0v) is 48.1. The van der Waals surface area contributed by atoms with Crippen LogP contribution in [0.15, 0.2) is 149 Å². The van der Waals surface area contributed by atoms with E-state index in [9.17, 15) is 36.9 Å². The minimum Gasteiger partial charge on any atom is -0.443 e. The molecule has 2 aliphatic heterocycles. The van der Waals surface area contributed by atoms with Crippen molar-refractivity contribution in [3.63, 3.8) is 0 Å². The van der Waals surface area contributed by atoms with E-state index in [1.807, 2.05) is 94.4 Å². The normalized spacial score (nSPS) is 17.5. The lowest BCUT2D eigenvalue weighted by Gasteiger charge is -2.35. The Morgan fingerprint density at radius 2 is 1.24 bits per heavy atom. The topological polar surface area (TPSA) is 250 Å². The number of anilines is 1.